The van der Waals surface area contributed by atoms with E-state index in [-0.39, 0.29) is 15.7 Å². The summed E-state index contributed by atoms with van der Waals surface area (Å²) in [4.78, 5) is 11.3. The van der Waals surface area contributed by atoms with Crippen LogP contribution in [0.3, 0.4) is 0 Å². The Morgan fingerprint density at radius 3 is 2.62 bits per heavy atom. The van der Waals surface area contributed by atoms with Crippen molar-refractivity contribution in [3.05, 3.63) is 10.9 Å². The minimum atomic E-state index is -2.09. The van der Waals surface area contributed by atoms with Crippen molar-refractivity contribution in [3.63, 3.8) is 0 Å². The van der Waals surface area contributed by atoms with Crippen LogP contribution in [0.5, 0.6) is 5.75 Å². The Balaban J connectivity index is 3.19. The topological polar surface area (TPSA) is 63.6 Å². The number of ether oxygens (including phenoxy) is 1. The van der Waals surface area contributed by atoms with Gasteiger partial charge in [0, 0.05) is 6.07 Å². The molecule has 1 rings (SSSR count). The SMILES string of the molecule is COc1cc(C(C)=O)sc1S(=O)O. The molecule has 1 unspecified atom stereocenters. The fraction of sp³-hybridized carbons (Fsp3) is 0.286. The van der Waals surface area contributed by atoms with Crippen molar-refractivity contribution >= 4 is 28.2 Å². The van der Waals surface area contributed by atoms with Crippen LogP contribution in [0.15, 0.2) is 10.3 Å². The van der Waals surface area contributed by atoms with Crippen molar-refractivity contribution in [2.75, 3.05) is 7.11 Å². The number of thiophene rings is 1. The first-order valence-electron chi connectivity index (χ1n) is 3.36. The lowest BCUT2D eigenvalue weighted by Gasteiger charge is -1.95. The minimum Gasteiger partial charge on any atom is -0.494 e. The number of methoxy groups -OCH3 is 1. The molecule has 0 bridgehead atoms. The molecule has 0 aliphatic carbocycles. The van der Waals surface area contributed by atoms with Crippen LogP contribution in [0.2, 0.25) is 0 Å². The number of Topliss-reactive ketones (excluding diaryl/α,β-unsaturated/α-hetero) is 1. The standard InChI is InChI=1S/C7H8O4S2/c1-4(8)6-3-5(11-2)7(12-6)13(9)10/h3H,1-2H3,(H,9,10). The first-order valence-corrected chi connectivity index (χ1v) is 5.28. The molecule has 1 N–H and O–H groups in total. The van der Waals surface area contributed by atoms with Gasteiger partial charge in [0.15, 0.2) is 9.99 Å². The molecule has 4 nitrogen and oxygen atoms in total. The molecule has 0 spiro atoms. The average Bonchev–Trinajstić information content (AvgIpc) is 2.47. The molecule has 6 heteroatoms. The third-order valence-electron chi connectivity index (χ3n) is 1.39. The highest BCUT2D eigenvalue weighted by Crippen LogP contribution is 2.31. The first kappa shape index (κ1) is 10.4. The predicted octanol–water partition coefficient (Wildman–Crippen LogP) is 1.54. The second-order valence-corrected chi connectivity index (χ2v) is 4.49. The highest BCUT2D eigenvalue weighted by molar-refractivity contribution is 7.82. The molecule has 1 heterocycles. The molecular formula is C7H8O4S2. The van der Waals surface area contributed by atoms with Crippen molar-refractivity contribution in [1.82, 2.24) is 0 Å². The van der Waals surface area contributed by atoms with E-state index < -0.39 is 11.1 Å². The molecule has 72 valence electrons. The summed E-state index contributed by atoms with van der Waals surface area (Å²) in [5.74, 6) is 0.149. The van der Waals surface area contributed by atoms with Gasteiger partial charge < -0.3 is 9.29 Å². The Kier molecular flexibility index (Phi) is 3.18. The van der Waals surface area contributed by atoms with Crippen molar-refractivity contribution in [2.24, 2.45) is 0 Å². The average molecular weight is 220 g/mol. The van der Waals surface area contributed by atoms with Crippen molar-refractivity contribution in [1.29, 1.82) is 0 Å². The molecule has 0 fully saturated rings. The number of carbonyl (C=O) groups excluding carboxylic acids is 1. The summed E-state index contributed by atoms with van der Waals surface area (Å²) in [6.07, 6.45) is 0. The van der Waals surface area contributed by atoms with Gasteiger partial charge in [0.2, 0.25) is 11.1 Å². The maximum absolute atomic E-state index is 10.9. The van der Waals surface area contributed by atoms with Gasteiger partial charge in [0.1, 0.15) is 5.75 Å². The van der Waals surface area contributed by atoms with E-state index in [0.717, 1.165) is 11.3 Å². The largest absolute Gasteiger partial charge is 0.494 e. The van der Waals surface area contributed by atoms with Crippen molar-refractivity contribution in [3.8, 4) is 5.75 Å². The van der Waals surface area contributed by atoms with Gasteiger partial charge in [-0.1, -0.05) is 0 Å². The maximum atomic E-state index is 10.9. The van der Waals surface area contributed by atoms with Gasteiger partial charge in [-0.15, -0.1) is 11.3 Å². The van der Waals surface area contributed by atoms with Crippen LogP contribution in [0.1, 0.15) is 16.6 Å². The second-order valence-electron chi connectivity index (χ2n) is 2.27. The number of rotatable bonds is 3. The van der Waals surface area contributed by atoms with E-state index >= 15 is 0 Å². The van der Waals surface area contributed by atoms with Crippen LogP contribution in [0.25, 0.3) is 0 Å². The fourth-order valence-electron chi connectivity index (χ4n) is 0.795. The fourth-order valence-corrected chi connectivity index (χ4v) is 2.42. The van der Waals surface area contributed by atoms with Crippen molar-refractivity contribution in [2.45, 2.75) is 11.1 Å². The summed E-state index contributed by atoms with van der Waals surface area (Å²) in [7, 11) is 1.39. The number of carbonyl (C=O) groups is 1. The number of hydrogen-bond donors (Lipinski definition) is 1. The zero-order chi connectivity index (χ0) is 10.0. The number of hydrogen-bond acceptors (Lipinski definition) is 4. The molecular weight excluding hydrogens is 212 g/mol. The molecule has 13 heavy (non-hydrogen) atoms. The van der Waals surface area contributed by atoms with Crippen LogP contribution in [0.4, 0.5) is 0 Å². The molecule has 0 aliphatic rings. The molecule has 0 amide bonds. The zero-order valence-electron chi connectivity index (χ0n) is 7.07. The molecule has 0 aliphatic heterocycles. The molecule has 1 aromatic heterocycles. The van der Waals surface area contributed by atoms with Gasteiger partial charge in [-0.2, -0.15) is 0 Å². The van der Waals surface area contributed by atoms with Crippen LogP contribution in [-0.2, 0) is 11.1 Å². The van der Waals surface area contributed by atoms with Crippen LogP contribution < -0.4 is 4.74 Å². The maximum Gasteiger partial charge on any atom is 0.200 e. The lowest BCUT2D eigenvalue weighted by atomic mass is 10.3. The van der Waals surface area contributed by atoms with Gasteiger partial charge >= 0.3 is 0 Å². The van der Waals surface area contributed by atoms with Crippen LogP contribution in [-0.4, -0.2) is 21.7 Å². The van der Waals surface area contributed by atoms with E-state index in [0.29, 0.717) is 4.88 Å². The summed E-state index contributed by atoms with van der Waals surface area (Å²) in [5, 5.41) is 0. The van der Waals surface area contributed by atoms with E-state index in [1.165, 1.54) is 20.1 Å². The lowest BCUT2D eigenvalue weighted by molar-refractivity contribution is 0.102. The zero-order valence-corrected chi connectivity index (χ0v) is 8.70. The highest BCUT2D eigenvalue weighted by Gasteiger charge is 2.16. The number of ketones is 1. The third-order valence-corrected chi connectivity index (χ3v) is 3.60. The Hall–Kier alpha value is -0.720. The molecule has 0 saturated heterocycles. The third kappa shape index (κ3) is 2.15. The predicted molar refractivity (Wildman–Crippen MR) is 49.9 cm³/mol. The molecule has 0 saturated carbocycles. The summed E-state index contributed by atoms with van der Waals surface area (Å²) in [5.41, 5.74) is 0. The lowest BCUT2D eigenvalue weighted by Crippen LogP contribution is -1.88. The Labute approximate surface area is 81.8 Å². The second kappa shape index (κ2) is 3.99. The summed E-state index contributed by atoms with van der Waals surface area (Å²) >= 11 is -1.12. The van der Waals surface area contributed by atoms with Gasteiger partial charge in [0.25, 0.3) is 0 Å². The van der Waals surface area contributed by atoms with Gasteiger partial charge in [0.05, 0.1) is 12.0 Å². The first-order chi connectivity index (χ1) is 6.06. The van der Waals surface area contributed by atoms with Gasteiger partial charge in [-0.25, -0.2) is 4.21 Å². The monoisotopic (exact) mass is 220 g/mol. The molecule has 1 aromatic rings. The smallest absolute Gasteiger partial charge is 0.200 e. The highest BCUT2D eigenvalue weighted by atomic mass is 32.2. The Morgan fingerprint density at radius 1 is 1.69 bits per heavy atom. The van der Waals surface area contributed by atoms with E-state index in [4.69, 9.17) is 9.29 Å². The van der Waals surface area contributed by atoms with Crippen LogP contribution in [0, 0.1) is 0 Å². The Bertz CT molecular complexity index is 355. The normalized spacial score (nSPS) is 12.5. The Morgan fingerprint density at radius 2 is 2.31 bits per heavy atom. The van der Waals surface area contributed by atoms with E-state index in [9.17, 15) is 9.00 Å². The van der Waals surface area contributed by atoms with E-state index in [1.54, 1.807) is 0 Å². The molecule has 0 aromatic carbocycles. The van der Waals surface area contributed by atoms with E-state index in [1.807, 2.05) is 0 Å². The van der Waals surface area contributed by atoms with Gasteiger partial charge in [-0.05, 0) is 6.92 Å². The molecule has 0 radical (unpaired) electrons. The van der Waals surface area contributed by atoms with Crippen molar-refractivity contribution < 1.29 is 18.3 Å². The molecule has 1 atom stereocenters. The quantitative estimate of drug-likeness (QED) is 0.620. The summed E-state index contributed by atoms with van der Waals surface area (Å²) < 4.78 is 24.6. The summed E-state index contributed by atoms with van der Waals surface area (Å²) in [6, 6.07) is 1.47. The minimum absolute atomic E-state index is 0.139. The van der Waals surface area contributed by atoms with Crippen LogP contribution >= 0.6 is 11.3 Å². The van der Waals surface area contributed by atoms with Gasteiger partial charge in [-0.3, -0.25) is 4.79 Å². The summed E-state index contributed by atoms with van der Waals surface area (Å²) in [6.45, 7) is 1.40. The van der Waals surface area contributed by atoms with E-state index in [2.05, 4.69) is 0 Å².